The van der Waals surface area contributed by atoms with Gasteiger partial charge >= 0.3 is 0 Å². The van der Waals surface area contributed by atoms with Crippen LogP contribution in [0.1, 0.15) is 23.6 Å². The van der Waals surface area contributed by atoms with Crippen molar-refractivity contribution in [3.05, 3.63) is 59.2 Å². The van der Waals surface area contributed by atoms with Crippen LogP contribution >= 0.6 is 0 Å². The first-order chi connectivity index (χ1) is 9.63. The highest BCUT2D eigenvalue weighted by molar-refractivity contribution is 5.82. The first-order valence-electron chi connectivity index (χ1n) is 6.61. The summed E-state index contributed by atoms with van der Waals surface area (Å²) < 4.78 is 10.6. The Labute approximate surface area is 120 Å². The van der Waals surface area contributed by atoms with E-state index in [1.807, 2.05) is 18.2 Å². The predicted octanol–water partition coefficient (Wildman–Crippen LogP) is 4.57. The first kappa shape index (κ1) is 14.2. The zero-order valence-corrected chi connectivity index (χ0v) is 12.4. The van der Waals surface area contributed by atoms with Gasteiger partial charge in [-0.15, -0.1) is 0 Å². The van der Waals surface area contributed by atoms with Crippen molar-refractivity contribution >= 4 is 11.6 Å². The SMILES string of the molecule is COc1ccc(/C=C(\C)c2ccc(C)cc2)c(OC)c1. The molecule has 2 heteroatoms. The summed E-state index contributed by atoms with van der Waals surface area (Å²) in [6, 6.07) is 14.4. The number of hydrogen-bond acceptors (Lipinski definition) is 2. The van der Waals surface area contributed by atoms with Gasteiger partial charge in [0.15, 0.2) is 0 Å². The van der Waals surface area contributed by atoms with E-state index in [9.17, 15) is 0 Å². The van der Waals surface area contributed by atoms with Gasteiger partial charge in [0.25, 0.3) is 0 Å². The molecule has 2 rings (SSSR count). The molecule has 0 N–H and O–H groups in total. The predicted molar refractivity (Wildman–Crippen MR) is 84.3 cm³/mol. The Morgan fingerprint density at radius 3 is 2.25 bits per heavy atom. The molecule has 0 fully saturated rings. The third kappa shape index (κ3) is 3.21. The van der Waals surface area contributed by atoms with Crippen LogP contribution in [0.4, 0.5) is 0 Å². The molecule has 0 aliphatic carbocycles. The van der Waals surface area contributed by atoms with Gasteiger partial charge < -0.3 is 9.47 Å². The molecule has 0 aliphatic heterocycles. The average molecular weight is 268 g/mol. The average Bonchev–Trinajstić information content (AvgIpc) is 2.48. The van der Waals surface area contributed by atoms with Crippen molar-refractivity contribution in [2.24, 2.45) is 0 Å². The molecule has 0 unspecified atom stereocenters. The lowest BCUT2D eigenvalue weighted by Gasteiger charge is -2.09. The monoisotopic (exact) mass is 268 g/mol. The minimum absolute atomic E-state index is 0.798. The van der Waals surface area contributed by atoms with E-state index in [-0.39, 0.29) is 0 Å². The van der Waals surface area contributed by atoms with Crippen molar-refractivity contribution in [3.8, 4) is 11.5 Å². The molecule has 2 aromatic carbocycles. The van der Waals surface area contributed by atoms with Gasteiger partial charge in [0, 0.05) is 11.6 Å². The highest BCUT2D eigenvalue weighted by Gasteiger charge is 2.04. The molecule has 104 valence electrons. The second-order valence-corrected chi connectivity index (χ2v) is 4.80. The third-order valence-electron chi connectivity index (χ3n) is 3.32. The summed E-state index contributed by atoms with van der Waals surface area (Å²) in [6.45, 7) is 4.20. The maximum Gasteiger partial charge on any atom is 0.129 e. The van der Waals surface area contributed by atoms with Crippen LogP contribution in [0, 0.1) is 6.92 Å². The van der Waals surface area contributed by atoms with E-state index in [0.29, 0.717) is 0 Å². The van der Waals surface area contributed by atoms with Crippen LogP contribution in [0.2, 0.25) is 0 Å². The van der Waals surface area contributed by atoms with Gasteiger partial charge in [-0.25, -0.2) is 0 Å². The minimum Gasteiger partial charge on any atom is -0.497 e. The topological polar surface area (TPSA) is 18.5 Å². The van der Waals surface area contributed by atoms with Gasteiger partial charge in [-0.05, 0) is 43.2 Å². The lowest BCUT2D eigenvalue weighted by atomic mass is 10.0. The van der Waals surface area contributed by atoms with Crippen LogP contribution in [0.5, 0.6) is 11.5 Å². The third-order valence-corrected chi connectivity index (χ3v) is 3.32. The van der Waals surface area contributed by atoms with E-state index in [4.69, 9.17) is 9.47 Å². The number of benzene rings is 2. The molecule has 20 heavy (non-hydrogen) atoms. The first-order valence-corrected chi connectivity index (χ1v) is 6.61. The van der Waals surface area contributed by atoms with E-state index in [1.54, 1.807) is 14.2 Å². The Morgan fingerprint density at radius 2 is 1.65 bits per heavy atom. The van der Waals surface area contributed by atoms with Gasteiger partial charge in [0.05, 0.1) is 14.2 Å². The van der Waals surface area contributed by atoms with Crippen molar-refractivity contribution < 1.29 is 9.47 Å². The Morgan fingerprint density at radius 1 is 0.950 bits per heavy atom. The molecule has 0 amide bonds. The molecule has 0 aromatic heterocycles. The van der Waals surface area contributed by atoms with Gasteiger partial charge in [-0.1, -0.05) is 29.8 Å². The van der Waals surface area contributed by atoms with Crippen molar-refractivity contribution in [2.75, 3.05) is 14.2 Å². The maximum atomic E-state index is 5.42. The second kappa shape index (κ2) is 6.29. The largest absolute Gasteiger partial charge is 0.497 e. The Balaban J connectivity index is 2.36. The fourth-order valence-corrected chi connectivity index (χ4v) is 2.07. The van der Waals surface area contributed by atoms with E-state index >= 15 is 0 Å². The number of hydrogen-bond donors (Lipinski definition) is 0. The molecule has 2 aromatic rings. The van der Waals surface area contributed by atoms with Crippen LogP contribution in [-0.2, 0) is 0 Å². The molecular weight excluding hydrogens is 248 g/mol. The summed E-state index contributed by atoms with van der Waals surface area (Å²) >= 11 is 0. The highest BCUT2D eigenvalue weighted by atomic mass is 16.5. The summed E-state index contributed by atoms with van der Waals surface area (Å²) in [7, 11) is 3.33. The zero-order chi connectivity index (χ0) is 14.5. The minimum atomic E-state index is 0.798. The van der Waals surface area contributed by atoms with Crippen LogP contribution in [0.25, 0.3) is 11.6 Å². The number of ether oxygens (including phenoxy) is 2. The highest BCUT2D eigenvalue weighted by Crippen LogP contribution is 2.28. The number of methoxy groups -OCH3 is 2. The van der Waals surface area contributed by atoms with Gasteiger partial charge in [-0.3, -0.25) is 0 Å². The van der Waals surface area contributed by atoms with Gasteiger partial charge in [0.2, 0.25) is 0 Å². The lowest BCUT2D eigenvalue weighted by Crippen LogP contribution is -1.90. The van der Waals surface area contributed by atoms with Crippen molar-refractivity contribution in [3.63, 3.8) is 0 Å². The number of allylic oxidation sites excluding steroid dienone is 1. The second-order valence-electron chi connectivity index (χ2n) is 4.80. The molecule has 0 spiro atoms. The molecule has 0 saturated heterocycles. The van der Waals surface area contributed by atoms with Crippen LogP contribution < -0.4 is 9.47 Å². The Bertz CT molecular complexity index is 610. The summed E-state index contributed by atoms with van der Waals surface area (Å²) in [5.41, 5.74) is 4.73. The standard InChI is InChI=1S/C18H20O2/c1-13-5-7-15(8-6-13)14(2)11-16-9-10-17(19-3)12-18(16)20-4/h5-12H,1-4H3/b14-11+. The van der Waals surface area contributed by atoms with E-state index in [0.717, 1.165) is 17.1 Å². The maximum absolute atomic E-state index is 5.42. The normalized spacial score (nSPS) is 11.3. The number of aryl methyl sites for hydroxylation is 1. The lowest BCUT2D eigenvalue weighted by molar-refractivity contribution is 0.394. The van der Waals surface area contributed by atoms with Crippen molar-refractivity contribution in [2.45, 2.75) is 13.8 Å². The van der Waals surface area contributed by atoms with Gasteiger partial charge in [0.1, 0.15) is 11.5 Å². The van der Waals surface area contributed by atoms with E-state index in [2.05, 4.69) is 44.2 Å². The summed E-state index contributed by atoms with van der Waals surface area (Å²) in [6.07, 6.45) is 2.13. The fourth-order valence-electron chi connectivity index (χ4n) is 2.07. The van der Waals surface area contributed by atoms with Gasteiger partial charge in [-0.2, -0.15) is 0 Å². The van der Waals surface area contributed by atoms with Crippen LogP contribution in [-0.4, -0.2) is 14.2 Å². The summed E-state index contributed by atoms with van der Waals surface area (Å²) in [4.78, 5) is 0. The van der Waals surface area contributed by atoms with Crippen molar-refractivity contribution in [1.29, 1.82) is 0 Å². The van der Waals surface area contributed by atoms with Crippen LogP contribution in [0.3, 0.4) is 0 Å². The van der Waals surface area contributed by atoms with Crippen LogP contribution in [0.15, 0.2) is 42.5 Å². The molecular formula is C18H20O2. The zero-order valence-electron chi connectivity index (χ0n) is 12.4. The quantitative estimate of drug-likeness (QED) is 0.756. The van der Waals surface area contributed by atoms with Crippen molar-refractivity contribution in [1.82, 2.24) is 0 Å². The molecule has 0 saturated carbocycles. The van der Waals surface area contributed by atoms with E-state index in [1.165, 1.54) is 16.7 Å². The smallest absolute Gasteiger partial charge is 0.129 e. The summed E-state index contributed by atoms with van der Waals surface area (Å²) in [5.74, 6) is 1.61. The molecule has 0 atom stereocenters. The molecule has 2 nitrogen and oxygen atoms in total. The summed E-state index contributed by atoms with van der Waals surface area (Å²) in [5, 5.41) is 0. The number of rotatable bonds is 4. The Hall–Kier alpha value is -2.22. The fraction of sp³-hybridized carbons (Fsp3) is 0.222. The van der Waals surface area contributed by atoms with E-state index < -0.39 is 0 Å². The Kier molecular flexibility index (Phi) is 4.46. The molecule has 0 heterocycles. The molecule has 0 aliphatic rings. The molecule has 0 radical (unpaired) electrons. The molecule has 0 bridgehead atoms.